The van der Waals surface area contributed by atoms with Gasteiger partial charge in [0.25, 0.3) is 0 Å². The summed E-state index contributed by atoms with van der Waals surface area (Å²) in [6, 6.07) is 10.2. The Morgan fingerprint density at radius 3 is 2.74 bits per heavy atom. The molecule has 0 saturated carbocycles. The molecule has 5 heteroatoms. The molecule has 19 heavy (non-hydrogen) atoms. The van der Waals surface area contributed by atoms with Gasteiger partial charge >= 0.3 is 0 Å². The van der Waals surface area contributed by atoms with E-state index < -0.39 is 0 Å². The molecule has 0 bridgehead atoms. The topological polar surface area (TPSA) is 21.3 Å². The van der Waals surface area contributed by atoms with Crippen LogP contribution < -0.4 is 10.1 Å². The Bertz CT molecular complexity index is 592. The molecule has 1 N–H and O–H groups in total. The first-order chi connectivity index (χ1) is 9.10. The van der Waals surface area contributed by atoms with Gasteiger partial charge in [-0.05, 0) is 35.9 Å². The molecule has 0 unspecified atom stereocenters. The van der Waals surface area contributed by atoms with Gasteiger partial charge in [-0.3, -0.25) is 0 Å². The lowest BCUT2D eigenvalue weighted by molar-refractivity contribution is 0.415. The number of ether oxygens (including phenoxy) is 1. The molecule has 0 amide bonds. The van der Waals surface area contributed by atoms with Gasteiger partial charge in [0, 0.05) is 11.0 Å². The summed E-state index contributed by atoms with van der Waals surface area (Å²) in [6.07, 6.45) is 0. The SMILES string of the molecule is COc1ccc(CNc2cc(Br)ccc2F)cc1Cl. The summed E-state index contributed by atoms with van der Waals surface area (Å²) in [7, 11) is 1.57. The summed E-state index contributed by atoms with van der Waals surface area (Å²) in [5.41, 5.74) is 1.39. The molecule has 2 rings (SSSR count). The van der Waals surface area contributed by atoms with E-state index >= 15 is 0 Å². The second-order valence-electron chi connectivity index (χ2n) is 3.95. The van der Waals surface area contributed by atoms with Crippen molar-refractivity contribution in [3.8, 4) is 5.75 Å². The molecule has 0 fully saturated rings. The summed E-state index contributed by atoms with van der Waals surface area (Å²) < 4.78 is 19.4. The van der Waals surface area contributed by atoms with Gasteiger partial charge < -0.3 is 10.1 Å². The van der Waals surface area contributed by atoms with Crippen LogP contribution in [0, 0.1) is 5.82 Å². The van der Waals surface area contributed by atoms with Crippen LogP contribution in [0.15, 0.2) is 40.9 Å². The van der Waals surface area contributed by atoms with Crippen molar-refractivity contribution in [3.63, 3.8) is 0 Å². The van der Waals surface area contributed by atoms with Crippen molar-refractivity contribution in [1.82, 2.24) is 0 Å². The summed E-state index contributed by atoms with van der Waals surface area (Å²) in [4.78, 5) is 0. The second-order valence-corrected chi connectivity index (χ2v) is 5.27. The van der Waals surface area contributed by atoms with Crippen LogP contribution in [0.1, 0.15) is 5.56 Å². The molecule has 100 valence electrons. The van der Waals surface area contributed by atoms with Crippen molar-refractivity contribution in [3.05, 3.63) is 57.3 Å². The van der Waals surface area contributed by atoms with E-state index in [0.29, 0.717) is 23.0 Å². The number of nitrogens with one attached hydrogen (secondary N) is 1. The van der Waals surface area contributed by atoms with Crippen LogP contribution in [0.5, 0.6) is 5.75 Å². The number of rotatable bonds is 4. The molecule has 0 aliphatic rings. The van der Waals surface area contributed by atoms with Crippen molar-refractivity contribution in [2.45, 2.75) is 6.54 Å². The third-order valence-corrected chi connectivity index (χ3v) is 3.42. The van der Waals surface area contributed by atoms with Gasteiger partial charge in [-0.15, -0.1) is 0 Å². The summed E-state index contributed by atoms with van der Waals surface area (Å²) in [5.74, 6) is 0.335. The minimum atomic E-state index is -0.289. The van der Waals surface area contributed by atoms with Crippen molar-refractivity contribution in [2.75, 3.05) is 12.4 Å². The molecule has 2 aromatic carbocycles. The van der Waals surface area contributed by atoms with E-state index in [1.54, 1.807) is 31.4 Å². The summed E-state index contributed by atoms with van der Waals surface area (Å²) in [6.45, 7) is 0.483. The summed E-state index contributed by atoms with van der Waals surface area (Å²) in [5, 5.41) is 3.57. The predicted molar refractivity (Wildman–Crippen MR) is 79.4 cm³/mol. The third-order valence-electron chi connectivity index (χ3n) is 2.63. The molecular formula is C14H12BrClFNO. The van der Waals surface area contributed by atoms with Gasteiger partial charge in [0.2, 0.25) is 0 Å². The zero-order valence-electron chi connectivity index (χ0n) is 10.2. The highest BCUT2D eigenvalue weighted by Gasteiger charge is 2.04. The van der Waals surface area contributed by atoms with E-state index in [4.69, 9.17) is 16.3 Å². The molecular weight excluding hydrogens is 333 g/mol. The van der Waals surface area contributed by atoms with Crippen molar-refractivity contribution < 1.29 is 9.13 Å². The number of anilines is 1. The maximum Gasteiger partial charge on any atom is 0.146 e. The summed E-state index contributed by atoms with van der Waals surface area (Å²) >= 11 is 9.34. The Morgan fingerprint density at radius 1 is 1.26 bits per heavy atom. The lowest BCUT2D eigenvalue weighted by Gasteiger charge is -2.10. The van der Waals surface area contributed by atoms with Crippen LogP contribution in [0.2, 0.25) is 5.02 Å². The number of hydrogen-bond acceptors (Lipinski definition) is 2. The Labute approximate surface area is 124 Å². The predicted octanol–water partition coefficient (Wildman–Crippen LogP) is 4.86. The molecule has 0 aliphatic carbocycles. The lowest BCUT2D eigenvalue weighted by Crippen LogP contribution is -2.01. The first-order valence-electron chi connectivity index (χ1n) is 5.61. The zero-order valence-corrected chi connectivity index (χ0v) is 12.6. The van der Waals surface area contributed by atoms with E-state index in [1.165, 1.54) is 6.07 Å². The number of halogens is 3. The van der Waals surface area contributed by atoms with Crippen LogP contribution in [0.3, 0.4) is 0 Å². The number of hydrogen-bond donors (Lipinski definition) is 1. The largest absolute Gasteiger partial charge is 0.495 e. The second kappa shape index (κ2) is 6.26. The van der Waals surface area contributed by atoms with Crippen LogP contribution in [0.4, 0.5) is 10.1 Å². The fourth-order valence-electron chi connectivity index (χ4n) is 1.65. The van der Waals surface area contributed by atoms with Gasteiger partial charge in [-0.1, -0.05) is 33.6 Å². The van der Waals surface area contributed by atoms with E-state index in [9.17, 15) is 4.39 Å². The van der Waals surface area contributed by atoms with Gasteiger partial charge in [-0.25, -0.2) is 4.39 Å². The van der Waals surface area contributed by atoms with Crippen LogP contribution in [-0.2, 0) is 6.54 Å². The first kappa shape index (κ1) is 14.2. The standard InChI is InChI=1S/C14H12BrClFNO/c1-19-14-5-2-9(6-11(14)16)8-18-13-7-10(15)3-4-12(13)17/h2-7,18H,8H2,1H3. The van der Waals surface area contributed by atoms with Crippen LogP contribution in [0.25, 0.3) is 0 Å². The van der Waals surface area contributed by atoms with Crippen LogP contribution >= 0.6 is 27.5 Å². The van der Waals surface area contributed by atoms with Crippen molar-refractivity contribution >= 4 is 33.2 Å². The van der Waals surface area contributed by atoms with Crippen molar-refractivity contribution in [2.24, 2.45) is 0 Å². The van der Waals surface area contributed by atoms with E-state index in [-0.39, 0.29) is 5.82 Å². The lowest BCUT2D eigenvalue weighted by atomic mass is 10.2. The third kappa shape index (κ3) is 3.61. The fourth-order valence-corrected chi connectivity index (χ4v) is 2.29. The fraction of sp³-hybridized carbons (Fsp3) is 0.143. The monoisotopic (exact) mass is 343 g/mol. The number of benzene rings is 2. The van der Waals surface area contributed by atoms with E-state index in [1.807, 2.05) is 6.07 Å². The van der Waals surface area contributed by atoms with Gasteiger partial charge in [-0.2, -0.15) is 0 Å². The van der Waals surface area contributed by atoms with E-state index in [0.717, 1.165) is 10.0 Å². The number of methoxy groups -OCH3 is 1. The maximum atomic E-state index is 13.5. The van der Waals surface area contributed by atoms with Gasteiger partial charge in [0.1, 0.15) is 11.6 Å². The van der Waals surface area contributed by atoms with Gasteiger partial charge in [0.05, 0.1) is 17.8 Å². The normalized spacial score (nSPS) is 10.3. The average molecular weight is 345 g/mol. The molecule has 0 aliphatic heterocycles. The molecule has 0 radical (unpaired) electrons. The highest BCUT2D eigenvalue weighted by molar-refractivity contribution is 9.10. The zero-order chi connectivity index (χ0) is 13.8. The molecule has 0 heterocycles. The molecule has 0 atom stereocenters. The van der Waals surface area contributed by atoms with Crippen molar-refractivity contribution in [1.29, 1.82) is 0 Å². The minimum Gasteiger partial charge on any atom is -0.495 e. The van der Waals surface area contributed by atoms with Gasteiger partial charge in [0.15, 0.2) is 0 Å². The smallest absolute Gasteiger partial charge is 0.146 e. The first-order valence-corrected chi connectivity index (χ1v) is 6.78. The van der Waals surface area contributed by atoms with Crippen LogP contribution in [-0.4, -0.2) is 7.11 Å². The maximum absolute atomic E-state index is 13.5. The highest BCUT2D eigenvalue weighted by Crippen LogP contribution is 2.26. The molecule has 0 saturated heterocycles. The molecule has 0 spiro atoms. The Hall–Kier alpha value is -1.26. The minimum absolute atomic E-state index is 0.289. The molecule has 0 aromatic heterocycles. The quantitative estimate of drug-likeness (QED) is 0.855. The average Bonchev–Trinajstić information content (AvgIpc) is 2.40. The Kier molecular flexibility index (Phi) is 4.66. The highest BCUT2D eigenvalue weighted by atomic mass is 79.9. The molecule has 2 aromatic rings. The molecule has 2 nitrogen and oxygen atoms in total. The Balaban J connectivity index is 2.10. The van der Waals surface area contributed by atoms with E-state index in [2.05, 4.69) is 21.2 Å². The Morgan fingerprint density at radius 2 is 2.05 bits per heavy atom.